The molecule has 0 aliphatic rings. The van der Waals surface area contributed by atoms with Gasteiger partial charge in [0, 0.05) is 57.3 Å². The lowest BCUT2D eigenvalue weighted by molar-refractivity contribution is -0.122. The molecule has 0 atom stereocenters. The molecule has 0 saturated heterocycles. The number of nitrogens with one attached hydrogen (secondary N) is 4. The van der Waals surface area contributed by atoms with Crippen LogP contribution in [0.4, 0.5) is 0 Å². The number of hydrogen-bond acceptors (Lipinski definition) is 8. The molecule has 0 aliphatic carbocycles. The van der Waals surface area contributed by atoms with Gasteiger partial charge in [-0.25, -0.2) is 0 Å². The lowest BCUT2D eigenvalue weighted by Gasteiger charge is -2.35. The smallest absolute Gasteiger partial charge is 0.220 e. The van der Waals surface area contributed by atoms with Gasteiger partial charge in [-0.2, -0.15) is 0 Å². The zero-order chi connectivity index (χ0) is 65.0. The molecule has 4 aromatic carbocycles. The van der Waals surface area contributed by atoms with E-state index in [0.717, 1.165) is 66.8 Å². The van der Waals surface area contributed by atoms with E-state index in [1.807, 2.05) is 48.5 Å². The van der Waals surface area contributed by atoms with E-state index < -0.39 is 5.41 Å². The molecule has 0 saturated carbocycles. The molecular formula is C73H112N4O8. The predicted molar refractivity (Wildman–Crippen MR) is 350 cm³/mol. The summed E-state index contributed by atoms with van der Waals surface area (Å²) in [5.41, 5.74) is 6.03. The number of carbonyl (C=O) groups is 4. The molecule has 12 heteroatoms. The van der Waals surface area contributed by atoms with Crippen molar-refractivity contribution >= 4 is 23.6 Å². The van der Waals surface area contributed by atoms with Gasteiger partial charge in [-0.15, -0.1) is 0 Å². The second-order valence-corrected chi connectivity index (χ2v) is 32.8. The van der Waals surface area contributed by atoms with Crippen LogP contribution >= 0.6 is 0 Å². The highest BCUT2D eigenvalue weighted by molar-refractivity contribution is 5.79. The number of phenols is 4. The molecule has 4 amide bonds. The molecule has 0 heterocycles. The van der Waals surface area contributed by atoms with Crippen molar-refractivity contribution < 1.29 is 39.6 Å². The highest BCUT2D eigenvalue weighted by Crippen LogP contribution is 2.44. The molecular weight excluding hydrogens is 1060 g/mol. The zero-order valence-corrected chi connectivity index (χ0v) is 57.0. The van der Waals surface area contributed by atoms with Crippen molar-refractivity contribution in [2.75, 3.05) is 26.2 Å². The molecule has 0 aromatic heterocycles. The Morgan fingerprint density at radius 2 is 0.400 bits per heavy atom. The molecule has 85 heavy (non-hydrogen) atoms. The SMILES string of the molecule is CC(C)(C)c1cc(CCC(=O)NCC(CNC(=O)CCc2cc(C(C)(C)C)c(O)c(C(C)(C)C)c2)(CNC(=O)CCc2cc(C(C)(C)C)c(O)c(C(C)(C)C)c2)CNC(=O)CCc2cc(C(C)(C)C)c(O)c(C(C)(C)C)c2)cc(C(C)(C)C)c1O. The van der Waals surface area contributed by atoms with Crippen LogP contribution in [0.1, 0.15) is 259 Å². The van der Waals surface area contributed by atoms with E-state index in [-0.39, 0.29) is 142 Å². The number of phenolic OH excluding ortho intramolecular Hbond substituents is 4. The Morgan fingerprint density at radius 3 is 0.518 bits per heavy atom. The third-order valence-electron chi connectivity index (χ3n) is 16.3. The van der Waals surface area contributed by atoms with Crippen molar-refractivity contribution in [2.45, 2.75) is 261 Å². The highest BCUT2D eigenvalue weighted by Gasteiger charge is 2.35. The quantitative estimate of drug-likeness (QED) is 0.0428. The molecule has 0 spiro atoms. The van der Waals surface area contributed by atoms with Crippen LogP contribution in [-0.2, 0) is 88.2 Å². The van der Waals surface area contributed by atoms with Crippen molar-refractivity contribution in [2.24, 2.45) is 5.41 Å². The molecule has 0 unspecified atom stereocenters. The molecule has 4 aromatic rings. The molecule has 12 nitrogen and oxygen atoms in total. The maximum atomic E-state index is 14.3. The monoisotopic (exact) mass is 1170 g/mol. The van der Waals surface area contributed by atoms with Gasteiger partial charge >= 0.3 is 0 Å². The Labute approximate surface area is 513 Å². The fourth-order valence-electron chi connectivity index (χ4n) is 10.8. The number of rotatable bonds is 20. The number of aromatic hydroxyl groups is 4. The molecule has 0 radical (unpaired) electrons. The standard InChI is InChI=1S/C73H112N4O8/c1-65(2,3)49-33-45(34-50(61(49)82)66(4,5)6)25-29-57(78)74-41-73(42-75-58(79)30-26-46-35-51(67(7,8)9)62(83)52(36-46)68(10,11)12,43-76-59(80)31-27-47-37-53(69(13,14)15)63(84)54(38-47)70(16,17)18)44-77-60(81)32-28-48-39-55(71(19,20)21)64(85)56(40-48)72(22,23)24/h33-40,82-85H,25-32,41-44H2,1-24H3,(H,74,78)(H,75,79)(H,76,80)(H,77,81). The molecule has 0 aliphatic heterocycles. The second-order valence-electron chi connectivity index (χ2n) is 32.8. The summed E-state index contributed by atoms with van der Waals surface area (Å²) in [4.78, 5) is 57.1. The molecule has 472 valence electrons. The van der Waals surface area contributed by atoms with E-state index in [1.165, 1.54) is 0 Å². The minimum absolute atomic E-state index is 0.0196. The lowest BCUT2D eigenvalue weighted by Crippen LogP contribution is -2.57. The molecule has 8 N–H and O–H groups in total. The van der Waals surface area contributed by atoms with Crippen LogP contribution in [0.15, 0.2) is 48.5 Å². The second kappa shape index (κ2) is 26.5. The minimum Gasteiger partial charge on any atom is -0.507 e. The Bertz CT molecular complexity index is 2480. The van der Waals surface area contributed by atoms with Crippen molar-refractivity contribution in [1.29, 1.82) is 0 Å². The normalized spacial score (nSPS) is 13.2. The largest absolute Gasteiger partial charge is 0.507 e. The fourth-order valence-corrected chi connectivity index (χ4v) is 10.8. The Hall–Kier alpha value is -6.04. The summed E-state index contributed by atoms with van der Waals surface area (Å²) < 4.78 is 0. The minimum atomic E-state index is -1.14. The summed E-state index contributed by atoms with van der Waals surface area (Å²) in [5.74, 6) is -0.0103. The average Bonchev–Trinajstić information content (AvgIpc) is 1.83. The van der Waals surface area contributed by atoms with Crippen molar-refractivity contribution in [3.63, 3.8) is 0 Å². The Kier molecular flexibility index (Phi) is 22.3. The Morgan fingerprint density at radius 1 is 0.271 bits per heavy atom. The summed E-state index contributed by atoms with van der Waals surface area (Å²) in [6.45, 7) is 49.2. The highest BCUT2D eigenvalue weighted by atomic mass is 16.3. The summed E-state index contributed by atoms with van der Waals surface area (Å²) in [6, 6.07) is 15.8. The van der Waals surface area contributed by atoms with Crippen LogP contribution < -0.4 is 21.3 Å². The van der Waals surface area contributed by atoms with E-state index in [0.29, 0.717) is 25.7 Å². The van der Waals surface area contributed by atoms with E-state index >= 15 is 0 Å². The van der Waals surface area contributed by atoms with Gasteiger partial charge in [-0.1, -0.05) is 215 Å². The maximum Gasteiger partial charge on any atom is 0.220 e. The van der Waals surface area contributed by atoms with Gasteiger partial charge < -0.3 is 41.7 Å². The summed E-state index contributed by atoms with van der Waals surface area (Å²) in [5, 5.41) is 58.5. The van der Waals surface area contributed by atoms with E-state index in [4.69, 9.17) is 0 Å². The summed E-state index contributed by atoms with van der Waals surface area (Å²) in [6.07, 6.45) is 1.98. The molecule has 4 rings (SSSR count). The number of aryl methyl sites for hydroxylation is 4. The first-order chi connectivity index (χ1) is 38.4. The van der Waals surface area contributed by atoms with Crippen LogP contribution in [0.2, 0.25) is 0 Å². The van der Waals surface area contributed by atoms with Crippen LogP contribution in [0, 0.1) is 5.41 Å². The first kappa shape index (κ1) is 71.4. The first-order valence-electron chi connectivity index (χ1n) is 31.0. The summed E-state index contributed by atoms with van der Waals surface area (Å²) in [7, 11) is 0. The predicted octanol–water partition coefficient (Wildman–Crippen LogP) is 14.2. The van der Waals surface area contributed by atoms with Gasteiger partial charge in [0.1, 0.15) is 23.0 Å². The van der Waals surface area contributed by atoms with Gasteiger partial charge in [0.25, 0.3) is 0 Å². The van der Waals surface area contributed by atoms with Crippen LogP contribution in [0.5, 0.6) is 23.0 Å². The van der Waals surface area contributed by atoms with Gasteiger partial charge in [-0.05, 0) is 136 Å². The number of benzene rings is 4. The van der Waals surface area contributed by atoms with Crippen molar-refractivity contribution in [1.82, 2.24) is 21.3 Å². The van der Waals surface area contributed by atoms with E-state index in [1.54, 1.807) is 0 Å². The van der Waals surface area contributed by atoms with Gasteiger partial charge in [0.15, 0.2) is 0 Å². The topological polar surface area (TPSA) is 197 Å². The van der Waals surface area contributed by atoms with Crippen LogP contribution in [0.25, 0.3) is 0 Å². The average molecular weight is 1170 g/mol. The third kappa shape index (κ3) is 20.0. The number of carbonyl (C=O) groups excluding carboxylic acids is 4. The van der Waals surface area contributed by atoms with Gasteiger partial charge in [0.05, 0.1) is 0 Å². The number of hydrogen-bond donors (Lipinski definition) is 8. The van der Waals surface area contributed by atoms with Crippen LogP contribution in [0.3, 0.4) is 0 Å². The molecule has 0 bridgehead atoms. The zero-order valence-electron chi connectivity index (χ0n) is 57.0. The number of amides is 4. The van der Waals surface area contributed by atoms with Crippen molar-refractivity contribution in [3.05, 3.63) is 115 Å². The van der Waals surface area contributed by atoms with Crippen LogP contribution in [-0.4, -0.2) is 70.2 Å². The van der Waals surface area contributed by atoms with Gasteiger partial charge in [0.2, 0.25) is 23.6 Å². The first-order valence-corrected chi connectivity index (χ1v) is 31.0. The fraction of sp³-hybridized carbons (Fsp3) is 0.616. The summed E-state index contributed by atoms with van der Waals surface area (Å²) >= 11 is 0. The molecule has 0 fully saturated rings. The Balaban J connectivity index is 1.76. The lowest BCUT2D eigenvalue weighted by atomic mass is 9.78. The third-order valence-corrected chi connectivity index (χ3v) is 16.3. The van der Waals surface area contributed by atoms with E-state index in [9.17, 15) is 39.6 Å². The van der Waals surface area contributed by atoms with Gasteiger partial charge in [-0.3, -0.25) is 19.2 Å². The maximum absolute atomic E-state index is 14.3. The van der Waals surface area contributed by atoms with Crippen molar-refractivity contribution in [3.8, 4) is 23.0 Å². The van der Waals surface area contributed by atoms with E-state index in [2.05, 4.69) is 187 Å².